The van der Waals surface area contributed by atoms with Crippen molar-refractivity contribution in [1.82, 2.24) is 0 Å². The summed E-state index contributed by atoms with van der Waals surface area (Å²) in [5.74, 6) is 0.710. The van der Waals surface area contributed by atoms with Gasteiger partial charge in [-0.2, -0.15) is 0 Å². The van der Waals surface area contributed by atoms with E-state index >= 15 is 0 Å². The number of aryl methyl sites for hydroxylation is 2. The lowest BCUT2D eigenvalue weighted by Crippen LogP contribution is -2.08. The van der Waals surface area contributed by atoms with Gasteiger partial charge < -0.3 is 0 Å². The van der Waals surface area contributed by atoms with Gasteiger partial charge in [-0.15, -0.1) is 0 Å². The number of halogens is 2. The van der Waals surface area contributed by atoms with E-state index < -0.39 is 5.32 Å². The highest BCUT2D eigenvalue weighted by Gasteiger charge is 2.36. The monoisotopic (exact) mass is 321 g/mol. The molecule has 90 valence electrons. The maximum atomic E-state index is 6.68. The molecule has 0 aliphatic rings. The van der Waals surface area contributed by atoms with E-state index in [4.69, 9.17) is 11.2 Å². The third kappa shape index (κ3) is 4.35. The van der Waals surface area contributed by atoms with Crippen LogP contribution in [0.3, 0.4) is 0 Å². The zero-order valence-electron chi connectivity index (χ0n) is 10.4. The second-order valence-electron chi connectivity index (χ2n) is 4.88. The van der Waals surface area contributed by atoms with E-state index in [0.717, 1.165) is 6.16 Å². The molecule has 1 unspecified atom stereocenters. The smallest absolute Gasteiger partial charge is 0.0626 e. The first kappa shape index (κ1) is 14.5. The van der Waals surface area contributed by atoms with Gasteiger partial charge >= 0.3 is 0 Å². The van der Waals surface area contributed by atoms with Crippen LogP contribution in [-0.4, -0.2) is 6.16 Å². The van der Waals surface area contributed by atoms with Crippen LogP contribution >= 0.6 is 32.0 Å². The lowest BCUT2D eigenvalue weighted by Gasteiger charge is -2.13. The summed E-state index contributed by atoms with van der Waals surface area (Å²) in [5, 5.41) is -0.333. The third-order valence-electron chi connectivity index (χ3n) is 2.57. The Morgan fingerprint density at radius 1 is 1.19 bits per heavy atom. The normalized spacial score (nSPS) is 15.2. The van der Waals surface area contributed by atoms with Crippen LogP contribution in [0.2, 0.25) is 0 Å². The predicted octanol–water partition coefficient (Wildman–Crippen LogP) is 5.46. The Balaban J connectivity index is 2.88. The van der Waals surface area contributed by atoms with Crippen molar-refractivity contribution in [3.63, 3.8) is 0 Å². The van der Waals surface area contributed by atoms with Gasteiger partial charge in [0.2, 0.25) is 5.32 Å². The quantitative estimate of drug-likeness (QED) is 0.646. The molecule has 16 heavy (non-hydrogen) atoms. The highest BCUT2D eigenvalue weighted by Crippen LogP contribution is 2.70. The molecule has 3 heteroatoms. The van der Waals surface area contributed by atoms with Crippen LogP contribution in [0.1, 0.15) is 31.4 Å². The molecule has 0 heterocycles. The first-order valence-corrected chi connectivity index (χ1v) is 10.6. The van der Waals surface area contributed by atoms with Gasteiger partial charge in [-0.25, -0.2) is 0 Å². The number of rotatable bonds is 4. The van der Waals surface area contributed by atoms with Crippen LogP contribution < -0.4 is 5.30 Å². The zero-order chi connectivity index (χ0) is 12.3. The summed E-state index contributed by atoms with van der Waals surface area (Å²) in [5.41, 5.74) is 2.59. The minimum atomic E-state index is -1.62. The molecule has 1 rings (SSSR count). The van der Waals surface area contributed by atoms with Crippen LogP contribution in [0.25, 0.3) is 0 Å². The highest BCUT2D eigenvalue weighted by molar-refractivity contribution is 9.45. The van der Waals surface area contributed by atoms with Gasteiger partial charge in [-0.05, 0) is 49.4 Å². The molecule has 0 amide bonds. The van der Waals surface area contributed by atoms with Crippen molar-refractivity contribution >= 4 is 37.4 Å². The van der Waals surface area contributed by atoms with E-state index in [1.807, 2.05) is 0 Å². The summed E-state index contributed by atoms with van der Waals surface area (Å²) in [6.07, 6.45) is 2.24. The van der Waals surface area contributed by atoms with E-state index in [2.05, 4.69) is 61.4 Å². The maximum Gasteiger partial charge on any atom is 0.214 e. The second-order valence-corrected chi connectivity index (χ2v) is 13.7. The minimum absolute atomic E-state index is 0.710. The fourth-order valence-corrected chi connectivity index (χ4v) is 5.39. The molecule has 0 saturated carbocycles. The Labute approximate surface area is 113 Å². The summed E-state index contributed by atoms with van der Waals surface area (Å²) in [6.45, 7) is 8.74. The molecule has 1 atom stereocenters. The molecule has 0 aliphatic carbocycles. The molecule has 1 aromatic carbocycles. The molecule has 1 aromatic rings. The largest absolute Gasteiger partial charge is 0.214 e. The van der Waals surface area contributed by atoms with Crippen LogP contribution in [0.5, 0.6) is 0 Å². The molecule has 0 saturated heterocycles. The van der Waals surface area contributed by atoms with Crippen molar-refractivity contribution in [2.24, 2.45) is 5.92 Å². The van der Waals surface area contributed by atoms with Crippen molar-refractivity contribution in [2.75, 3.05) is 6.16 Å². The highest BCUT2D eigenvalue weighted by atomic mass is 79.9. The number of benzene rings is 1. The molecule has 0 fully saturated rings. The topological polar surface area (TPSA) is 0 Å². The van der Waals surface area contributed by atoms with Crippen LogP contribution in [-0.2, 0) is 0 Å². The molecule has 0 aromatic heterocycles. The first-order chi connectivity index (χ1) is 7.31. The second kappa shape index (κ2) is 5.85. The average molecular weight is 323 g/mol. The minimum Gasteiger partial charge on any atom is -0.0626 e. The zero-order valence-corrected chi connectivity index (χ0v) is 13.7. The summed E-state index contributed by atoms with van der Waals surface area (Å²) < 4.78 is 0. The molecule has 0 N–H and O–H groups in total. The maximum absolute atomic E-state index is 6.68. The van der Waals surface area contributed by atoms with Crippen molar-refractivity contribution < 1.29 is 0 Å². The van der Waals surface area contributed by atoms with Gasteiger partial charge in [-0.1, -0.05) is 19.9 Å². The van der Waals surface area contributed by atoms with E-state index in [9.17, 15) is 0 Å². The fraction of sp³-hybridized carbons (Fsp3) is 0.538. The number of hydrogen-bond donors (Lipinski definition) is 0. The molecule has 0 bridgehead atoms. The van der Waals surface area contributed by atoms with Crippen LogP contribution in [0, 0.1) is 19.8 Å². The Bertz CT molecular complexity index is 341. The van der Waals surface area contributed by atoms with E-state index in [0.29, 0.717) is 5.92 Å². The third-order valence-corrected chi connectivity index (χ3v) is 7.79. The summed E-state index contributed by atoms with van der Waals surface area (Å²) in [6, 6.07) is 6.61. The lowest BCUT2D eigenvalue weighted by atomic mass is 10.2. The number of hydrogen-bond acceptors (Lipinski definition) is 0. The summed E-state index contributed by atoms with van der Waals surface area (Å²) in [4.78, 5) is 0. The predicted molar refractivity (Wildman–Crippen MR) is 81.6 cm³/mol. The Morgan fingerprint density at radius 2 is 1.69 bits per heavy atom. The van der Waals surface area contributed by atoms with Crippen LogP contribution in [0.15, 0.2) is 18.2 Å². The SMILES string of the molecule is Cc1cc(C)cc([P+](Cl)(Br)CCC(C)C)c1. The summed E-state index contributed by atoms with van der Waals surface area (Å²) in [7, 11) is 0. The van der Waals surface area contributed by atoms with E-state index in [1.165, 1.54) is 22.9 Å². The molecule has 0 nitrogen and oxygen atoms in total. The first-order valence-electron chi connectivity index (χ1n) is 5.67. The average Bonchev–Trinajstić information content (AvgIpc) is 2.13. The van der Waals surface area contributed by atoms with Gasteiger partial charge in [0.25, 0.3) is 0 Å². The van der Waals surface area contributed by atoms with Gasteiger partial charge in [0.15, 0.2) is 15.5 Å². The Morgan fingerprint density at radius 3 is 2.12 bits per heavy atom. The van der Waals surface area contributed by atoms with Crippen molar-refractivity contribution in [2.45, 2.75) is 34.1 Å². The Hall–Kier alpha value is 0.420. The lowest BCUT2D eigenvalue weighted by molar-refractivity contribution is 0.631. The molecular formula is C13H20BrClP+. The fourth-order valence-electron chi connectivity index (χ4n) is 1.69. The molecular weight excluding hydrogens is 302 g/mol. The molecule has 0 aliphatic heterocycles. The van der Waals surface area contributed by atoms with E-state index in [1.54, 1.807) is 0 Å². The summed E-state index contributed by atoms with van der Waals surface area (Å²) >= 11 is 10.4. The molecule has 0 radical (unpaired) electrons. The van der Waals surface area contributed by atoms with Crippen molar-refractivity contribution in [3.05, 3.63) is 29.3 Å². The van der Waals surface area contributed by atoms with E-state index in [-0.39, 0.29) is 0 Å². The van der Waals surface area contributed by atoms with Gasteiger partial charge in [0.1, 0.15) is 16.5 Å². The van der Waals surface area contributed by atoms with Crippen molar-refractivity contribution in [3.8, 4) is 0 Å². The van der Waals surface area contributed by atoms with Crippen LogP contribution in [0.4, 0.5) is 0 Å². The standard InChI is InChI=1S/C13H20BrClP/c1-10(2)5-6-16(14,15)13-8-11(3)7-12(4)9-13/h7-10H,5-6H2,1-4H3/q+1. The molecule has 0 spiro atoms. The van der Waals surface area contributed by atoms with Gasteiger partial charge in [-0.3, -0.25) is 0 Å². The van der Waals surface area contributed by atoms with Gasteiger partial charge in [0, 0.05) is 0 Å². The van der Waals surface area contributed by atoms with Gasteiger partial charge in [0.05, 0.1) is 6.16 Å². The van der Waals surface area contributed by atoms with Crippen molar-refractivity contribution in [1.29, 1.82) is 0 Å². The Kier molecular flexibility index (Phi) is 5.29.